The Kier molecular flexibility index (Phi) is 2.39. The summed E-state index contributed by atoms with van der Waals surface area (Å²) in [7, 11) is 0. The van der Waals surface area contributed by atoms with Crippen LogP contribution < -0.4 is 10.6 Å². The molecule has 1 radical (unpaired) electrons. The van der Waals surface area contributed by atoms with Gasteiger partial charge in [0.1, 0.15) is 0 Å². The third kappa shape index (κ3) is 1.71. The van der Waals surface area contributed by atoms with Gasteiger partial charge in [-0.3, -0.25) is 4.79 Å². The van der Waals surface area contributed by atoms with Crippen LogP contribution in [0.2, 0.25) is 0 Å². The van der Waals surface area contributed by atoms with Gasteiger partial charge in [0.05, 0.1) is 0 Å². The molecule has 0 atom stereocenters. The maximum Gasteiger partial charge on any atom is 0.249 e. The lowest BCUT2D eigenvalue weighted by Gasteiger charge is -2.17. The molecule has 0 spiro atoms. The molecule has 1 heterocycles. The Bertz CT molecular complexity index is 326. The predicted molar refractivity (Wildman–Crippen MR) is 55.2 cm³/mol. The highest BCUT2D eigenvalue weighted by Gasteiger charge is 2.12. The van der Waals surface area contributed by atoms with Gasteiger partial charge in [-0.1, -0.05) is 0 Å². The van der Waals surface area contributed by atoms with Crippen molar-refractivity contribution in [1.29, 1.82) is 0 Å². The van der Waals surface area contributed by atoms with Gasteiger partial charge in [0.25, 0.3) is 0 Å². The Balaban J connectivity index is 2.16. The van der Waals surface area contributed by atoms with Crippen molar-refractivity contribution < 1.29 is 4.79 Å². The Hall–Kier alpha value is -1.51. The van der Waals surface area contributed by atoms with Gasteiger partial charge in [-0.15, -0.1) is 0 Å². The molecule has 1 aromatic rings. The molecule has 1 fully saturated rings. The van der Waals surface area contributed by atoms with Crippen molar-refractivity contribution in [3.8, 4) is 0 Å². The van der Waals surface area contributed by atoms with E-state index in [1.54, 1.807) is 6.07 Å². The molecule has 1 amide bonds. The average molecular weight is 189 g/mol. The molecule has 1 aliphatic heterocycles. The van der Waals surface area contributed by atoms with Crippen LogP contribution in [0.4, 0.5) is 5.69 Å². The first-order valence-electron chi connectivity index (χ1n) is 4.84. The van der Waals surface area contributed by atoms with Crippen molar-refractivity contribution in [3.05, 3.63) is 29.8 Å². The predicted octanol–water partition coefficient (Wildman–Crippen LogP) is 1.19. The summed E-state index contributed by atoms with van der Waals surface area (Å²) in [5.41, 5.74) is 6.72. The molecule has 0 bridgehead atoms. The number of hydrogen-bond donors (Lipinski definition) is 1. The molecule has 73 valence electrons. The lowest BCUT2D eigenvalue weighted by atomic mass is 10.2. The monoisotopic (exact) mass is 189 g/mol. The minimum Gasteiger partial charge on any atom is -0.372 e. The quantitative estimate of drug-likeness (QED) is 0.759. The summed E-state index contributed by atoms with van der Waals surface area (Å²) in [5.74, 6) is -0.419. The van der Waals surface area contributed by atoms with Gasteiger partial charge >= 0.3 is 0 Å². The van der Waals surface area contributed by atoms with Crippen LogP contribution in [0.25, 0.3) is 0 Å². The first-order chi connectivity index (χ1) is 6.77. The van der Waals surface area contributed by atoms with Gasteiger partial charge in [-0.2, -0.15) is 0 Å². The first-order valence-corrected chi connectivity index (χ1v) is 4.84. The molecule has 0 aliphatic carbocycles. The Morgan fingerprint density at radius 1 is 1.36 bits per heavy atom. The molecule has 0 aromatic heterocycles. The molecule has 14 heavy (non-hydrogen) atoms. The number of rotatable bonds is 2. The third-order valence-electron chi connectivity index (χ3n) is 2.53. The Morgan fingerprint density at radius 3 is 2.57 bits per heavy atom. The molecule has 0 saturated carbocycles. The fraction of sp³-hybridized carbons (Fsp3) is 0.364. The average Bonchev–Trinajstić information content (AvgIpc) is 2.71. The van der Waals surface area contributed by atoms with E-state index in [4.69, 9.17) is 5.73 Å². The van der Waals surface area contributed by atoms with Gasteiger partial charge < -0.3 is 10.6 Å². The van der Waals surface area contributed by atoms with E-state index in [1.165, 1.54) is 12.8 Å². The number of anilines is 1. The second kappa shape index (κ2) is 3.70. The van der Waals surface area contributed by atoms with Crippen LogP contribution >= 0.6 is 0 Å². The highest BCUT2D eigenvalue weighted by atomic mass is 16.1. The second-order valence-electron chi connectivity index (χ2n) is 3.52. The van der Waals surface area contributed by atoms with Crippen LogP contribution in [0.1, 0.15) is 23.2 Å². The molecule has 1 aromatic carbocycles. The smallest absolute Gasteiger partial charge is 0.249 e. The van der Waals surface area contributed by atoms with Crippen LogP contribution in [0.3, 0.4) is 0 Å². The molecule has 0 unspecified atom stereocenters. The number of amides is 1. The zero-order valence-corrected chi connectivity index (χ0v) is 7.99. The Labute approximate surface area is 83.5 Å². The van der Waals surface area contributed by atoms with E-state index in [0.717, 1.165) is 18.8 Å². The summed E-state index contributed by atoms with van der Waals surface area (Å²) >= 11 is 0. The van der Waals surface area contributed by atoms with Crippen LogP contribution in [-0.2, 0) is 0 Å². The van der Waals surface area contributed by atoms with Crippen LogP contribution in [0.15, 0.2) is 18.2 Å². The van der Waals surface area contributed by atoms with Crippen molar-refractivity contribution in [3.63, 3.8) is 0 Å². The van der Waals surface area contributed by atoms with Crippen molar-refractivity contribution in [1.82, 2.24) is 0 Å². The summed E-state index contributed by atoms with van der Waals surface area (Å²) in [6, 6.07) is 8.40. The van der Waals surface area contributed by atoms with Crippen molar-refractivity contribution in [2.45, 2.75) is 12.8 Å². The number of carbonyl (C=O) groups is 1. The van der Waals surface area contributed by atoms with E-state index in [2.05, 4.69) is 11.0 Å². The van der Waals surface area contributed by atoms with Crippen molar-refractivity contribution >= 4 is 11.6 Å². The molecule has 1 saturated heterocycles. The molecule has 1 aliphatic rings. The highest BCUT2D eigenvalue weighted by Crippen LogP contribution is 2.19. The lowest BCUT2D eigenvalue weighted by molar-refractivity contribution is 0.1000. The largest absolute Gasteiger partial charge is 0.372 e. The van der Waals surface area contributed by atoms with E-state index in [-0.39, 0.29) is 0 Å². The number of nitrogens with two attached hydrogens (primary N) is 1. The fourth-order valence-corrected chi connectivity index (χ4v) is 1.74. The van der Waals surface area contributed by atoms with Crippen molar-refractivity contribution in [2.24, 2.45) is 5.73 Å². The van der Waals surface area contributed by atoms with Crippen molar-refractivity contribution in [2.75, 3.05) is 18.0 Å². The highest BCUT2D eigenvalue weighted by molar-refractivity contribution is 5.92. The van der Waals surface area contributed by atoms with Crippen LogP contribution in [0, 0.1) is 6.07 Å². The summed E-state index contributed by atoms with van der Waals surface area (Å²) in [6.45, 7) is 2.20. The molecule has 3 nitrogen and oxygen atoms in total. The molecule has 2 N–H and O–H groups in total. The SMILES string of the molecule is NC(=O)c1[c]cc(N2CCCC2)cc1. The molecular formula is C11H13N2O. The maximum atomic E-state index is 10.8. The first kappa shape index (κ1) is 9.06. The summed E-state index contributed by atoms with van der Waals surface area (Å²) < 4.78 is 0. The topological polar surface area (TPSA) is 46.3 Å². The number of hydrogen-bond acceptors (Lipinski definition) is 2. The van der Waals surface area contributed by atoms with E-state index >= 15 is 0 Å². The maximum absolute atomic E-state index is 10.8. The number of benzene rings is 1. The number of nitrogens with zero attached hydrogens (tertiary/aromatic N) is 1. The van der Waals surface area contributed by atoms with Gasteiger partial charge in [0, 0.05) is 24.3 Å². The fourth-order valence-electron chi connectivity index (χ4n) is 1.74. The molecule has 3 heteroatoms. The van der Waals surface area contributed by atoms with Gasteiger partial charge in [-0.05, 0) is 37.1 Å². The van der Waals surface area contributed by atoms with Crippen LogP contribution in [-0.4, -0.2) is 19.0 Å². The summed E-state index contributed by atoms with van der Waals surface area (Å²) in [5, 5.41) is 0. The van der Waals surface area contributed by atoms with Gasteiger partial charge in [0.15, 0.2) is 0 Å². The lowest BCUT2D eigenvalue weighted by Crippen LogP contribution is -2.18. The second-order valence-corrected chi connectivity index (χ2v) is 3.52. The summed E-state index contributed by atoms with van der Waals surface area (Å²) in [6.07, 6.45) is 2.50. The minimum atomic E-state index is -0.419. The van der Waals surface area contributed by atoms with Crippen LogP contribution in [0.5, 0.6) is 0 Å². The zero-order chi connectivity index (χ0) is 9.97. The third-order valence-corrected chi connectivity index (χ3v) is 2.53. The standard InChI is InChI=1S/C11H13N2O/c12-11(14)9-3-5-10(6-4-9)13-7-1-2-8-13/h3,5-6H,1-2,7-8H2,(H2,12,14). The Morgan fingerprint density at radius 2 is 2.07 bits per heavy atom. The number of carbonyl (C=O) groups excluding carboxylic acids is 1. The van der Waals surface area contributed by atoms with Gasteiger partial charge in [-0.25, -0.2) is 0 Å². The van der Waals surface area contributed by atoms with E-state index < -0.39 is 5.91 Å². The number of primary amides is 1. The van der Waals surface area contributed by atoms with Gasteiger partial charge in [0.2, 0.25) is 5.91 Å². The van der Waals surface area contributed by atoms with E-state index in [9.17, 15) is 4.79 Å². The normalized spacial score (nSPS) is 15.9. The minimum absolute atomic E-state index is 0.419. The van der Waals surface area contributed by atoms with E-state index in [1.807, 2.05) is 12.1 Å². The van der Waals surface area contributed by atoms with E-state index in [0.29, 0.717) is 5.56 Å². The summed E-state index contributed by atoms with van der Waals surface area (Å²) in [4.78, 5) is 13.1. The molecule has 2 rings (SSSR count). The zero-order valence-electron chi connectivity index (χ0n) is 7.99. The molecular weight excluding hydrogens is 176 g/mol.